The Labute approximate surface area is 394 Å². The Bertz CT molecular complexity index is 2600. The number of pyridine rings is 1. The average Bonchev–Trinajstić information content (AvgIpc) is 3.56. The summed E-state index contributed by atoms with van der Waals surface area (Å²) in [7, 11) is 1.33. The Morgan fingerprint density at radius 3 is 1.57 bits per heavy atom. The lowest BCUT2D eigenvalue weighted by molar-refractivity contribution is -0.279. The van der Waals surface area contributed by atoms with Crippen molar-refractivity contribution in [2.75, 3.05) is 7.11 Å². The maximum atomic E-state index is 13.9. The molecule has 2 N–H and O–H groups in total. The van der Waals surface area contributed by atoms with E-state index in [1.54, 1.807) is 12.3 Å². The molecule has 0 bridgehead atoms. The third-order valence-corrected chi connectivity index (χ3v) is 16.0. The van der Waals surface area contributed by atoms with E-state index >= 15 is 0 Å². The number of ketones is 1. The number of ether oxygens (including phenoxy) is 1. The Kier molecular flexibility index (Phi) is 13.9. The summed E-state index contributed by atoms with van der Waals surface area (Å²) >= 11 is 0. The first-order valence-electron chi connectivity index (χ1n) is 23.7. The van der Waals surface area contributed by atoms with Crippen molar-refractivity contribution in [1.29, 1.82) is 0 Å². The van der Waals surface area contributed by atoms with Gasteiger partial charge in [-0.25, -0.2) is 4.79 Å². The van der Waals surface area contributed by atoms with Crippen LogP contribution < -0.4 is 0 Å². The van der Waals surface area contributed by atoms with Crippen molar-refractivity contribution >= 4 is 11.8 Å². The van der Waals surface area contributed by atoms with Crippen molar-refractivity contribution in [3.05, 3.63) is 171 Å². The zero-order valence-corrected chi connectivity index (χ0v) is 38.6. The average molecular weight is 940 g/mol. The molecule has 2 fully saturated rings. The Hall–Kier alpha value is -5.33. The number of aliphatic hydroxyl groups is 2. The van der Waals surface area contributed by atoms with Crippen LogP contribution in [0.5, 0.6) is 0 Å². The minimum absolute atomic E-state index is 0.00639. The smallest absolute Gasteiger partial charge is 0.417 e. The van der Waals surface area contributed by atoms with E-state index in [9.17, 15) is 46.1 Å². The maximum absolute atomic E-state index is 13.9. The summed E-state index contributed by atoms with van der Waals surface area (Å²) in [4.78, 5) is 29.5. The van der Waals surface area contributed by atoms with Crippen LogP contribution in [-0.4, -0.2) is 57.6 Å². The molecule has 9 rings (SSSR count). The molecule has 4 aliphatic carbocycles. The number of methoxy groups -OCH3 is 1. The van der Waals surface area contributed by atoms with E-state index in [4.69, 9.17) is 4.74 Å². The molecule has 0 unspecified atom stereocenters. The number of nitrogens with zero attached hydrogens (tertiary/aromatic N) is 1. The van der Waals surface area contributed by atoms with E-state index in [-0.39, 0.29) is 62.6 Å². The second kappa shape index (κ2) is 19.2. The van der Waals surface area contributed by atoms with Gasteiger partial charge in [-0.1, -0.05) is 84.9 Å². The summed E-state index contributed by atoms with van der Waals surface area (Å²) < 4.78 is 87.7. The molecule has 6 nitrogen and oxygen atoms in total. The van der Waals surface area contributed by atoms with E-state index in [2.05, 4.69) is 4.98 Å². The van der Waals surface area contributed by atoms with Gasteiger partial charge >= 0.3 is 18.3 Å². The molecular weight excluding hydrogens is 881 g/mol. The number of carbonyl (C=O) groups is 2. The van der Waals surface area contributed by atoms with E-state index in [0.717, 1.165) is 51.1 Å². The fourth-order valence-corrected chi connectivity index (χ4v) is 12.3. The van der Waals surface area contributed by atoms with Crippen molar-refractivity contribution in [2.24, 2.45) is 11.8 Å². The first-order chi connectivity index (χ1) is 32.3. The van der Waals surface area contributed by atoms with Crippen LogP contribution in [0.15, 0.2) is 115 Å². The molecule has 0 saturated heterocycles. The van der Waals surface area contributed by atoms with Gasteiger partial charge in [0.25, 0.3) is 0 Å². The van der Waals surface area contributed by atoms with Crippen molar-refractivity contribution in [1.82, 2.24) is 4.98 Å². The highest BCUT2D eigenvalue weighted by Crippen LogP contribution is 2.58. The lowest BCUT2D eigenvalue weighted by Crippen LogP contribution is -2.55. The predicted octanol–water partition coefficient (Wildman–Crippen LogP) is 12.1. The normalized spacial score (nSPS) is 26.8. The highest BCUT2D eigenvalue weighted by Gasteiger charge is 2.62. The Morgan fingerprint density at radius 2 is 1.12 bits per heavy atom. The quantitative estimate of drug-likeness (QED) is 0.0914. The number of hydrogen-bond donors (Lipinski definition) is 2. The molecular formula is C56H59F6NO5. The van der Waals surface area contributed by atoms with Crippen molar-refractivity contribution in [2.45, 2.75) is 138 Å². The van der Waals surface area contributed by atoms with Gasteiger partial charge in [-0.15, -0.1) is 0 Å². The van der Waals surface area contributed by atoms with Gasteiger partial charge in [-0.05, 0) is 172 Å². The predicted molar refractivity (Wildman–Crippen MR) is 247 cm³/mol. The van der Waals surface area contributed by atoms with Crippen LogP contribution >= 0.6 is 0 Å². The number of fused-ring (bicyclic) bond motifs is 6. The monoisotopic (exact) mass is 939 g/mol. The number of esters is 1. The van der Waals surface area contributed by atoms with E-state index < -0.39 is 40.4 Å². The van der Waals surface area contributed by atoms with Gasteiger partial charge in [-0.2, -0.15) is 26.3 Å². The van der Waals surface area contributed by atoms with Crippen LogP contribution in [0.3, 0.4) is 0 Å². The number of alkyl halides is 6. The molecule has 2 saturated carbocycles. The van der Waals surface area contributed by atoms with Crippen LogP contribution in [-0.2, 0) is 47.7 Å². The molecule has 4 aromatic carbocycles. The SMILES string of the molecule is COC(=O)c1ccc2c(c1)CCC[C@@H]1C[C@@](O)(C(F)(F)F)CC[C@@]21Cc1ccccc1.Cc1ncccc1CC(=O)c1ccc2c(c1)CCC[C@@H]1C[C@@](O)(C(F)(F)F)CC[C@@]21Cc1ccccc1. The molecule has 0 radical (unpaired) electrons. The van der Waals surface area contributed by atoms with Gasteiger partial charge in [-0.3, -0.25) is 9.78 Å². The van der Waals surface area contributed by atoms with Gasteiger partial charge in [0.15, 0.2) is 17.0 Å². The molecule has 68 heavy (non-hydrogen) atoms. The Balaban J connectivity index is 0.000000187. The van der Waals surface area contributed by atoms with Crippen LogP contribution in [0.2, 0.25) is 0 Å². The molecule has 4 aliphatic rings. The van der Waals surface area contributed by atoms with Gasteiger partial charge in [0, 0.05) is 34.7 Å². The molecule has 0 amide bonds. The van der Waals surface area contributed by atoms with Crippen LogP contribution in [0.1, 0.15) is 130 Å². The lowest BCUT2D eigenvalue weighted by Gasteiger charge is -2.50. The second-order valence-corrected chi connectivity index (χ2v) is 19.9. The maximum Gasteiger partial charge on any atom is 0.417 e. The third kappa shape index (κ3) is 9.64. The van der Waals surface area contributed by atoms with Gasteiger partial charge in [0.2, 0.25) is 0 Å². The van der Waals surface area contributed by atoms with Gasteiger partial charge in [0.05, 0.1) is 12.7 Å². The molecule has 1 aromatic heterocycles. The number of Topliss-reactive ketones (excluding diaryl/α,β-unsaturated/α-hetero) is 1. The Morgan fingerprint density at radius 1 is 0.647 bits per heavy atom. The fourth-order valence-electron chi connectivity index (χ4n) is 12.3. The number of rotatable bonds is 8. The first-order valence-corrected chi connectivity index (χ1v) is 23.7. The van der Waals surface area contributed by atoms with Crippen molar-refractivity contribution < 1.29 is 50.9 Å². The minimum Gasteiger partial charge on any atom is -0.465 e. The molecule has 0 spiro atoms. The van der Waals surface area contributed by atoms with Crippen LogP contribution in [0, 0.1) is 18.8 Å². The first kappa shape index (κ1) is 49.1. The second-order valence-electron chi connectivity index (χ2n) is 19.9. The molecule has 5 aromatic rings. The summed E-state index contributed by atoms with van der Waals surface area (Å²) in [5, 5.41) is 21.2. The van der Waals surface area contributed by atoms with Crippen LogP contribution in [0.4, 0.5) is 26.3 Å². The minimum atomic E-state index is -4.65. The highest BCUT2D eigenvalue weighted by atomic mass is 19.4. The number of aromatic nitrogens is 1. The summed E-state index contributed by atoms with van der Waals surface area (Å²) in [5.74, 6) is -1.03. The van der Waals surface area contributed by atoms with E-state index in [1.807, 2.05) is 110 Å². The number of aryl methyl sites for hydroxylation is 3. The molecule has 360 valence electrons. The zero-order chi connectivity index (χ0) is 48.5. The van der Waals surface area contributed by atoms with Gasteiger partial charge in [0.1, 0.15) is 0 Å². The largest absolute Gasteiger partial charge is 0.465 e. The summed E-state index contributed by atoms with van der Waals surface area (Å²) in [6, 6.07) is 34.7. The van der Waals surface area contributed by atoms with Crippen LogP contribution in [0.25, 0.3) is 0 Å². The number of carbonyl (C=O) groups excluding carboxylic acids is 2. The van der Waals surface area contributed by atoms with Crippen molar-refractivity contribution in [3.63, 3.8) is 0 Å². The molecule has 0 aliphatic heterocycles. The zero-order valence-electron chi connectivity index (χ0n) is 38.6. The third-order valence-electron chi connectivity index (χ3n) is 16.0. The lowest BCUT2D eigenvalue weighted by atomic mass is 9.56. The number of benzene rings is 4. The molecule has 6 atom stereocenters. The number of hydrogen-bond acceptors (Lipinski definition) is 6. The van der Waals surface area contributed by atoms with Crippen molar-refractivity contribution in [3.8, 4) is 0 Å². The molecule has 1 heterocycles. The summed E-state index contributed by atoms with van der Waals surface area (Å²) in [6.45, 7) is 1.89. The van der Waals surface area contributed by atoms with E-state index in [1.165, 1.54) is 7.11 Å². The summed E-state index contributed by atoms with van der Waals surface area (Å²) in [5.41, 5.74) is 2.70. The molecule has 12 heteroatoms. The highest BCUT2D eigenvalue weighted by molar-refractivity contribution is 5.98. The fraction of sp³-hybridized carbons (Fsp3) is 0.446. The topological polar surface area (TPSA) is 96.7 Å². The summed E-state index contributed by atoms with van der Waals surface area (Å²) in [6.07, 6.45) is -2.78. The van der Waals surface area contributed by atoms with Gasteiger partial charge < -0.3 is 14.9 Å². The van der Waals surface area contributed by atoms with E-state index in [0.29, 0.717) is 56.1 Å². The standard InChI is InChI=1S/C31H32F3NO2.C25H27F3O3/c1-21-23(10-6-16-35-21)18-28(36)25-12-13-27-24(17-25)9-5-11-26-20-30(37,31(32,33)34)15-14-29(26,27)19-22-7-3-2-4-8-22;1-31-22(29)19-10-11-21-18(14-19)8-5-9-20-16-24(30,25(26,27)28)13-12-23(20,21)15-17-6-3-2-4-7-17/h2-4,6-8,10,12-13,16-17,26,37H,5,9,11,14-15,18-20H2,1H3;2-4,6-7,10-11,14,20,30H,5,8-9,12-13,15-16H2,1H3/t26-,29+,30-;20-,23+,24-/m11/s1. The number of halogens is 6.